The number of carbonyl (C=O) groups excluding carboxylic acids is 4. The fourth-order valence-electron chi connectivity index (χ4n) is 2.88. The zero-order valence-electron chi connectivity index (χ0n) is 15.9. The molecule has 29 heavy (non-hydrogen) atoms. The van der Waals surface area contributed by atoms with Gasteiger partial charge < -0.3 is 10.1 Å². The van der Waals surface area contributed by atoms with E-state index < -0.39 is 18.0 Å². The Bertz CT molecular complexity index is 988. The number of anilines is 2. The van der Waals surface area contributed by atoms with Crippen LogP contribution in [-0.2, 0) is 19.1 Å². The Morgan fingerprint density at radius 3 is 2.48 bits per heavy atom. The maximum absolute atomic E-state index is 12.5. The van der Waals surface area contributed by atoms with Crippen LogP contribution in [0.2, 0.25) is 5.02 Å². The first-order chi connectivity index (χ1) is 13.8. The van der Waals surface area contributed by atoms with Crippen molar-refractivity contribution in [3.8, 4) is 0 Å². The second-order valence-corrected chi connectivity index (χ2v) is 7.11. The number of imide groups is 1. The summed E-state index contributed by atoms with van der Waals surface area (Å²) in [6.07, 6.45) is -0.777. The molecule has 3 amide bonds. The summed E-state index contributed by atoms with van der Waals surface area (Å²) < 4.78 is 5.24. The van der Waals surface area contributed by atoms with Gasteiger partial charge in [0.1, 0.15) is 0 Å². The molecule has 2 aromatic carbocycles. The molecule has 150 valence electrons. The van der Waals surface area contributed by atoms with Crippen LogP contribution < -0.4 is 10.2 Å². The number of ether oxygens (including phenoxy) is 1. The minimum absolute atomic E-state index is 0.133. The molecule has 1 aliphatic heterocycles. The molecule has 2 aromatic rings. The van der Waals surface area contributed by atoms with Crippen LogP contribution in [0.15, 0.2) is 42.5 Å². The summed E-state index contributed by atoms with van der Waals surface area (Å²) in [5, 5.41) is 3.15. The molecule has 1 saturated heterocycles. The molecule has 0 radical (unpaired) electrons. The Kier molecular flexibility index (Phi) is 5.98. The zero-order valence-corrected chi connectivity index (χ0v) is 16.7. The highest BCUT2D eigenvalue weighted by molar-refractivity contribution is 6.31. The summed E-state index contributed by atoms with van der Waals surface area (Å²) in [6.45, 7) is 3.26. The van der Waals surface area contributed by atoms with Crippen LogP contribution in [0.1, 0.15) is 35.7 Å². The SMILES string of the molecule is Cc1ccc(Cl)cc1NC(=O)[C@H](C)OC(=O)c1cccc(N2C(=O)CCC2=O)c1. The van der Waals surface area contributed by atoms with Gasteiger partial charge in [0.25, 0.3) is 5.91 Å². The number of halogens is 1. The summed E-state index contributed by atoms with van der Waals surface area (Å²) in [6, 6.07) is 11.1. The fraction of sp³-hybridized carbons (Fsp3) is 0.238. The largest absolute Gasteiger partial charge is 0.449 e. The molecule has 0 unspecified atom stereocenters. The molecule has 0 aliphatic carbocycles. The van der Waals surface area contributed by atoms with Crippen molar-refractivity contribution in [1.82, 2.24) is 0 Å². The molecule has 1 fully saturated rings. The lowest BCUT2D eigenvalue weighted by Gasteiger charge is -2.17. The molecule has 1 aliphatic rings. The van der Waals surface area contributed by atoms with E-state index in [1.807, 2.05) is 6.92 Å². The summed E-state index contributed by atoms with van der Waals surface area (Å²) in [7, 11) is 0. The Morgan fingerprint density at radius 1 is 1.10 bits per heavy atom. The van der Waals surface area contributed by atoms with Gasteiger partial charge in [-0.25, -0.2) is 4.79 Å². The lowest BCUT2D eigenvalue weighted by atomic mass is 10.2. The van der Waals surface area contributed by atoms with Crippen LogP contribution in [0.3, 0.4) is 0 Å². The number of nitrogens with one attached hydrogen (secondary N) is 1. The van der Waals surface area contributed by atoms with Gasteiger partial charge in [-0.1, -0.05) is 23.7 Å². The van der Waals surface area contributed by atoms with Crippen molar-refractivity contribution in [3.63, 3.8) is 0 Å². The summed E-state index contributed by atoms with van der Waals surface area (Å²) in [5.41, 5.74) is 1.78. The first-order valence-corrected chi connectivity index (χ1v) is 9.38. The second kappa shape index (κ2) is 8.45. The van der Waals surface area contributed by atoms with Gasteiger partial charge in [0.05, 0.1) is 11.3 Å². The number of amides is 3. The van der Waals surface area contributed by atoms with E-state index in [9.17, 15) is 19.2 Å². The predicted molar refractivity (Wildman–Crippen MR) is 108 cm³/mol. The molecular formula is C21H19ClN2O5. The van der Waals surface area contributed by atoms with E-state index in [-0.39, 0.29) is 30.2 Å². The maximum Gasteiger partial charge on any atom is 0.338 e. The molecule has 1 heterocycles. The van der Waals surface area contributed by atoms with Gasteiger partial charge in [0, 0.05) is 23.6 Å². The Balaban J connectivity index is 1.69. The van der Waals surface area contributed by atoms with Crippen molar-refractivity contribution in [1.29, 1.82) is 0 Å². The summed E-state index contributed by atoms with van der Waals surface area (Å²) in [4.78, 5) is 49.6. The van der Waals surface area contributed by atoms with Crippen molar-refractivity contribution in [2.75, 3.05) is 10.2 Å². The van der Waals surface area contributed by atoms with Crippen molar-refractivity contribution >= 4 is 46.7 Å². The molecule has 0 saturated carbocycles. The molecule has 1 atom stereocenters. The number of esters is 1. The molecule has 0 aromatic heterocycles. The smallest absolute Gasteiger partial charge is 0.338 e. The predicted octanol–water partition coefficient (Wildman–Crippen LogP) is 3.49. The fourth-order valence-corrected chi connectivity index (χ4v) is 3.05. The molecular weight excluding hydrogens is 396 g/mol. The van der Waals surface area contributed by atoms with E-state index in [0.717, 1.165) is 10.5 Å². The first kappa shape index (κ1) is 20.5. The van der Waals surface area contributed by atoms with Crippen LogP contribution >= 0.6 is 11.6 Å². The highest BCUT2D eigenvalue weighted by Gasteiger charge is 2.30. The zero-order chi connectivity index (χ0) is 21.1. The van der Waals surface area contributed by atoms with Crippen molar-refractivity contribution in [3.05, 3.63) is 58.6 Å². The average molecular weight is 415 g/mol. The lowest BCUT2D eigenvalue weighted by Crippen LogP contribution is -2.31. The number of hydrogen-bond donors (Lipinski definition) is 1. The van der Waals surface area contributed by atoms with E-state index in [2.05, 4.69) is 5.32 Å². The average Bonchev–Trinajstić information content (AvgIpc) is 3.02. The molecule has 7 nitrogen and oxygen atoms in total. The van der Waals surface area contributed by atoms with E-state index in [4.69, 9.17) is 16.3 Å². The van der Waals surface area contributed by atoms with Gasteiger partial charge in [-0.15, -0.1) is 0 Å². The number of benzene rings is 2. The normalized spacial score (nSPS) is 14.7. The lowest BCUT2D eigenvalue weighted by molar-refractivity contribution is -0.124. The molecule has 0 spiro atoms. The third-order valence-electron chi connectivity index (χ3n) is 4.50. The number of rotatable bonds is 5. The van der Waals surface area contributed by atoms with Gasteiger partial charge in [-0.05, 0) is 49.7 Å². The van der Waals surface area contributed by atoms with E-state index >= 15 is 0 Å². The van der Waals surface area contributed by atoms with Crippen LogP contribution in [0, 0.1) is 6.92 Å². The van der Waals surface area contributed by atoms with Gasteiger partial charge in [-0.2, -0.15) is 0 Å². The number of nitrogens with zero attached hydrogens (tertiary/aromatic N) is 1. The minimum atomic E-state index is -1.07. The minimum Gasteiger partial charge on any atom is -0.449 e. The van der Waals surface area contributed by atoms with E-state index in [1.165, 1.54) is 19.1 Å². The van der Waals surface area contributed by atoms with Crippen molar-refractivity contribution in [2.45, 2.75) is 32.8 Å². The van der Waals surface area contributed by atoms with Gasteiger partial charge >= 0.3 is 5.97 Å². The van der Waals surface area contributed by atoms with Gasteiger partial charge in [0.15, 0.2) is 6.10 Å². The molecule has 1 N–H and O–H groups in total. The standard InChI is InChI=1S/C21H19ClN2O5/c1-12-6-7-15(22)11-17(12)23-20(27)13(2)29-21(28)14-4-3-5-16(10-14)24-18(25)8-9-19(24)26/h3-7,10-11,13H,8-9H2,1-2H3,(H,23,27)/t13-/m0/s1. The van der Waals surface area contributed by atoms with E-state index in [0.29, 0.717) is 16.4 Å². The quantitative estimate of drug-likeness (QED) is 0.597. The first-order valence-electron chi connectivity index (χ1n) is 9.00. The number of aryl methyl sites for hydroxylation is 1. The molecule has 0 bridgehead atoms. The second-order valence-electron chi connectivity index (χ2n) is 6.67. The van der Waals surface area contributed by atoms with Gasteiger partial charge in [0.2, 0.25) is 11.8 Å². The molecule has 8 heteroatoms. The number of carbonyl (C=O) groups is 4. The third kappa shape index (κ3) is 4.63. The van der Waals surface area contributed by atoms with Crippen LogP contribution in [0.4, 0.5) is 11.4 Å². The summed E-state index contributed by atoms with van der Waals surface area (Å²) in [5.74, 6) is -1.88. The number of hydrogen-bond acceptors (Lipinski definition) is 5. The topological polar surface area (TPSA) is 92.8 Å². The highest BCUT2D eigenvalue weighted by atomic mass is 35.5. The van der Waals surface area contributed by atoms with Crippen molar-refractivity contribution < 1.29 is 23.9 Å². The Morgan fingerprint density at radius 2 is 1.79 bits per heavy atom. The van der Waals surface area contributed by atoms with Crippen LogP contribution in [0.25, 0.3) is 0 Å². The van der Waals surface area contributed by atoms with E-state index in [1.54, 1.807) is 30.3 Å². The third-order valence-corrected chi connectivity index (χ3v) is 4.74. The highest BCUT2D eigenvalue weighted by Crippen LogP contribution is 2.24. The Labute approximate surface area is 172 Å². The summed E-state index contributed by atoms with van der Waals surface area (Å²) >= 11 is 5.94. The van der Waals surface area contributed by atoms with Crippen molar-refractivity contribution in [2.24, 2.45) is 0 Å². The van der Waals surface area contributed by atoms with Crippen LogP contribution in [0.5, 0.6) is 0 Å². The Hall–Kier alpha value is -3.19. The monoisotopic (exact) mass is 414 g/mol. The maximum atomic E-state index is 12.5. The van der Waals surface area contributed by atoms with Gasteiger partial charge in [-0.3, -0.25) is 19.3 Å². The van der Waals surface area contributed by atoms with Crippen LogP contribution in [-0.4, -0.2) is 29.8 Å². The molecule has 3 rings (SSSR count).